The molecule has 0 amide bonds. The molecule has 116 valence electrons. The van der Waals surface area contributed by atoms with Crippen LogP contribution in [0.5, 0.6) is 0 Å². The molecule has 23 heavy (non-hydrogen) atoms. The average Bonchev–Trinajstić information content (AvgIpc) is 3.05. The molecule has 0 N–H and O–H groups in total. The van der Waals surface area contributed by atoms with Crippen LogP contribution in [0.4, 0.5) is 0 Å². The van der Waals surface area contributed by atoms with Gasteiger partial charge < -0.3 is 24.8 Å². The first kappa shape index (κ1) is 22.1. The van der Waals surface area contributed by atoms with Crippen LogP contribution in [0, 0.1) is 13.8 Å². The summed E-state index contributed by atoms with van der Waals surface area (Å²) >= 11 is 0. The van der Waals surface area contributed by atoms with Crippen LogP contribution in [0.15, 0.2) is 72.8 Å². The Morgan fingerprint density at radius 3 is 2.17 bits per heavy atom. The smallest absolute Gasteiger partial charge is 1.00 e. The summed E-state index contributed by atoms with van der Waals surface area (Å²) in [5.74, 6) is 0. The molecule has 4 aromatic rings. The van der Waals surface area contributed by atoms with Crippen molar-refractivity contribution in [1.29, 1.82) is 0 Å². The van der Waals surface area contributed by atoms with Gasteiger partial charge in [0.05, 0.1) is 0 Å². The largest absolute Gasteiger partial charge is 4.00 e. The molecular formula is C20H18Cl2Zr. The summed E-state index contributed by atoms with van der Waals surface area (Å²) in [6.07, 6.45) is 0. The van der Waals surface area contributed by atoms with E-state index in [9.17, 15) is 0 Å². The number of benzene rings is 2. The van der Waals surface area contributed by atoms with Crippen LogP contribution < -0.4 is 24.8 Å². The molecular weight excluding hydrogens is 402 g/mol. The zero-order chi connectivity index (χ0) is 13.9. The number of halogens is 2. The van der Waals surface area contributed by atoms with Gasteiger partial charge in [-0.05, 0) is 6.92 Å². The average molecular weight is 420 g/mol. The Morgan fingerprint density at radius 1 is 0.783 bits per heavy atom. The first-order valence-electron chi connectivity index (χ1n) is 6.97. The van der Waals surface area contributed by atoms with Crippen molar-refractivity contribution >= 4 is 21.5 Å². The molecule has 0 aliphatic carbocycles. The van der Waals surface area contributed by atoms with E-state index in [1.54, 1.807) is 0 Å². The van der Waals surface area contributed by atoms with Gasteiger partial charge in [-0.2, -0.15) is 23.6 Å². The predicted octanol–water partition coefficient (Wildman–Crippen LogP) is -0.260. The zero-order valence-corrected chi connectivity index (χ0v) is 17.2. The Bertz CT molecular complexity index is 813. The SMILES string of the molecule is Cc1cc2c(C)cccc2[cH-]1.[Cl-].[Cl-].[Zr+4].c1ccc2[cH-]ccc2c1. The van der Waals surface area contributed by atoms with E-state index in [2.05, 4.69) is 86.6 Å². The Labute approximate surface area is 169 Å². The molecule has 3 heteroatoms. The van der Waals surface area contributed by atoms with Gasteiger partial charge in [0.25, 0.3) is 0 Å². The third-order valence-electron chi connectivity index (χ3n) is 3.66. The normalized spacial score (nSPS) is 9.13. The van der Waals surface area contributed by atoms with Crippen LogP contribution in [-0.4, -0.2) is 0 Å². The molecule has 0 nitrogen and oxygen atoms in total. The Hall–Kier alpha value is -0.877. The second kappa shape index (κ2) is 10.1. The Balaban J connectivity index is 0.000000377. The van der Waals surface area contributed by atoms with Crippen molar-refractivity contribution in [2.45, 2.75) is 13.8 Å². The van der Waals surface area contributed by atoms with Crippen molar-refractivity contribution in [2.24, 2.45) is 0 Å². The second-order valence-electron chi connectivity index (χ2n) is 5.27. The summed E-state index contributed by atoms with van der Waals surface area (Å²) in [6.45, 7) is 4.29. The number of hydrogen-bond donors (Lipinski definition) is 0. The molecule has 0 aromatic heterocycles. The first-order valence-corrected chi connectivity index (χ1v) is 6.97. The minimum Gasteiger partial charge on any atom is -1.00 e. The van der Waals surface area contributed by atoms with E-state index in [1.807, 2.05) is 0 Å². The molecule has 0 spiro atoms. The van der Waals surface area contributed by atoms with Gasteiger partial charge in [-0.1, -0.05) is 24.6 Å². The molecule has 0 aliphatic rings. The van der Waals surface area contributed by atoms with Gasteiger partial charge in [-0.15, -0.1) is 64.2 Å². The maximum atomic E-state index is 2.24. The topological polar surface area (TPSA) is 0 Å². The molecule has 0 bridgehead atoms. The van der Waals surface area contributed by atoms with Crippen LogP contribution in [0.3, 0.4) is 0 Å². The molecule has 0 unspecified atom stereocenters. The van der Waals surface area contributed by atoms with Gasteiger partial charge >= 0.3 is 26.2 Å². The standard InChI is InChI=1S/C11H11.C9H7.2ClH.Zr/c1-8-6-10-5-3-4-9(2)11(10)7-8;1-2-5-9-7-3-6-8(9)4-1;;;/h3-7H,1-2H3;1-7H;2*1H;/q2*-1;;;+4/p-2. The van der Waals surface area contributed by atoms with E-state index in [0.717, 1.165) is 0 Å². The molecule has 4 rings (SSSR count). The van der Waals surface area contributed by atoms with E-state index >= 15 is 0 Å². The number of hydrogen-bond acceptors (Lipinski definition) is 0. The van der Waals surface area contributed by atoms with Crippen molar-refractivity contribution in [3.8, 4) is 0 Å². The maximum Gasteiger partial charge on any atom is 4.00 e. The van der Waals surface area contributed by atoms with Crippen LogP contribution in [-0.2, 0) is 26.2 Å². The summed E-state index contributed by atoms with van der Waals surface area (Å²) in [7, 11) is 0. The Kier molecular flexibility index (Phi) is 9.70. The fraction of sp³-hybridized carbons (Fsp3) is 0.100. The summed E-state index contributed by atoms with van der Waals surface area (Å²) < 4.78 is 0. The third-order valence-corrected chi connectivity index (χ3v) is 3.66. The van der Waals surface area contributed by atoms with Gasteiger partial charge in [-0.25, -0.2) is 0 Å². The first-order chi connectivity index (χ1) is 9.74. The van der Waals surface area contributed by atoms with Crippen LogP contribution in [0.25, 0.3) is 21.5 Å². The van der Waals surface area contributed by atoms with Crippen LogP contribution in [0.1, 0.15) is 11.1 Å². The number of rotatable bonds is 0. The summed E-state index contributed by atoms with van der Waals surface area (Å²) in [4.78, 5) is 0. The van der Waals surface area contributed by atoms with Crippen LogP contribution >= 0.6 is 0 Å². The van der Waals surface area contributed by atoms with Gasteiger partial charge in [0.1, 0.15) is 0 Å². The molecule has 0 atom stereocenters. The molecule has 4 aromatic carbocycles. The predicted molar refractivity (Wildman–Crippen MR) is 88.6 cm³/mol. The van der Waals surface area contributed by atoms with E-state index in [1.165, 1.54) is 32.7 Å². The fourth-order valence-corrected chi connectivity index (χ4v) is 2.61. The second-order valence-corrected chi connectivity index (χ2v) is 5.27. The number of aryl methyl sites for hydroxylation is 2. The van der Waals surface area contributed by atoms with Gasteiger partial charge in [0.15, 0.2) is 0 Å². The molecule has 0 fully saturated rings. The van der Waals surface area contributed by atoms with Crippen molar-refractivity contribution < 1.29 is 51.0 Å². The van der Waals surface area contributed by atoms with E-state index in [4.69, 9.17) is 0 Å². The molecule has 0 saturated carbocycles. The van der Waals surface area contributed by atoms with Crippen LogP contribution in [0.2, 0.25) is 0 Å². The Morgan fingerprint density at radius 2 is 1.48 bits per heavy atom. The van der Waals surface area contributed by atoms with E-state index in [-0.39, 0.29) is 51.0 Å². The molecule has 0 saturated heterocycles. The van der Waals surface area contributed by atoms with E-state index in [0.29, 0.717) is 0 Å². The summed E-state index contributed by atoms with van der Waals surface area (Å²) in [5.41, 5.74) is 2.73. The quantitative estimate of drug-likeness (QED) is 0.344. The maximum absolute atomic E-state index is 2.24. The minimum absolute atomic E-state index is 0. The third kappa shape index (κ3) is 5.31. The van der Waals surface area contributed by atoms with Gasteiger partial charge in [0, 0.05) is 0 Å². The molecule has 0 radical (unpaired) electrons. The van der Waals surface area contributed by atoms with Crippen molar-refractivity contribution in [3.63, 3.8) is 0 Å². The van der Waals surface area contributed by atoms with Gasteiger partial charge in [0.2, 0.25) is 0 Å². The molecule has 0 heterocycles. The zero-order valence-electron chi connectivity index (χ0n) is 13.2. The van der Waals surface area contributed by atoms with Crippen molar-refractivity contribution in [1.82, 2.24) is 0 Å². The monoisotopic (exact) mass is 418 g/mol. The minimum atomic E-state index is 0. The number of fused-ring (bicyclic) bond motifs is 2. The van der Waals surface area contributed by atoms with Crippen molar-refractivity contribution in [2.75, 3.05) is 0 Å². The van der Waals surface area contributed by atoms with E-state index < -0.39 is 0 Å². The molecule has 0 aliphatic heterocycles. The summed E-state index contributed by atoms with van der Waals surface area (Å²) in [6, 6.07) is 25.6. The fourth-order valence-electron chi connectivity index (χ4n) is 2.61. The van der Waals surface area contributed by atoms with Crippen molar-refractivity contribution in [3.05, 3.63) is 83.9 Å². The van der Waals surface area contributed by atoms with Gasteiger partial charge in [-0.3, -0.25) is 0 Å². The summed E-state index contributed by atoms with van der Waals surface area (Å²) in [5, 5.41) is 5.42.